The van der Waals surface area contributed by atoms with E-state index < -0.39 is 29.1 Å². The molecule has 0 bridgehead atoms. The summed E-state index contributed by atoms with van der Waals surface area (Å²) in [5, 5.41) is 3.34. The Labute approximate surface area is 198 Å². The van der Waals surface area contributed by atoms with Crippen LogP contribution in [0.2, 0.25) is 5.02 Å². The molecule has 2 heterocycles. The van der Waals surface area contributed by atoms with Gasteiger partial charge in [0.05, 0.1) is 17.0 Å². The second kappa shape index (κ2) is 10.2. The van der Waals surface area contributed by atoms with Crippen molar-refractivity contribution >= 4 is 40.9 Å². The van der Waals surface area contributed by atoms with E-state index in [2.05, 4.69) is 5.32 Å². The number of benzene rings is 2. The summed E-state index contributed by atoms with van der Waals surface area (Å²) in [7, 11) is 0. The molecule has 4 rings (SSSR count). The van der Waals surface area contributed by atoms with Crippen molar-refractivity contribution in [3.8, 4) is 0 Å². The first-order chi connectivity index (χ1) is 15.2. The molecule has 0 spiro atoms. The third kappa shape index (κ3) is 5.69. The van der Waals surface area contributed by atoms with E-state index in [9.17, 15) is 22.8 Å². The number of amides is 1. The highest BCUT2D eigenvalue weighted by Gasteiger charge is 2.32. The Kier molecular flexibility index (Phi) is 7.72. The first-order valence-electron chi connectivity index (χ1n) is 10.2. The molecule has 33 heavy (non-hydrogen) atoms. The fourth-order valence-electron chi connectivity index (χ4n) is 3.95. The van der Waals surface area contributed by atoms with Gasteiger partial charge < -0.3 is 9.73 Å². The van der Waals surface area contributed by atoms with E-state index >= 15 is 0 Å². The molecule has 10 heteroatoms. The van der Waals surface area contributed by atoms with Crippen LogP contribution >= 0.6 is 24.0 Å². The van der Waals surface area contributed by atoms with Gasteiger partial charge in [-0.1, -0.05) is 23.7 Å². The lowest BCUT2D eigenvalue weighted by Crippen LogP contribution is -2.37. The number of alkyl halides is 3. The first-order valence-corrected chi connectivity index (χ1v) is 10.5. The van der Waals surface area contributed by atoms with Gasteiger partial charge in [-0.15, -0.1) is 12.4 Å². The molecule has 1 saturated heterocycles. The van der Waals surface area contributed by atoms with Crippen molar-refractivity contribution in [3.05, 3.63) is 80.7 Å². The Bertz CT molecular complexity index is 1210. The van der Waals surface area contributed by atoms with Crippen LogP contribution in [0, 0.1) is 0 Å². The van der Waals surface area contributed by atoms with Gasteiger partial charge in [0.15, 0.2) is 11.2 Å². The second-order valence-corrected chi connectivity index (χ2v) is 8.14. The minimum atomic E-state index is -4.45. The summed E-state index contributed by atoms with van der Waals surface area (Å²) in [5.41, 5.74) is -0.449. The number of carbonyl (C=O) groups excluding carboxylic acids is 1. The highest BCUT2D eigenvalue weighted by molar-refractivity contribution is 6.31. The topological polar surface area (TPSA) is 62.6 Å². The van der Waals surface area contributed by atoms with Crippen molar-refractivity contribution in [2.75, 3.05) is 19.6 Å². The molecule has 1 aliphatic rings. The minimum Gasteiger partial charge on any atom is -0.451 e. The molecule has 0 aliphatic carbocycles. The molecule has 1 aliphatic heterocycles. The van der Waals surface area contributed by atoms with Crippen LogP contribution < -0.4 is 10.7 Å². The maximum absolute atomic E-state index is 13.2. The third-order valence-corrected chi connectivity index (χ3v) is 5.78. The van der Waals surface area contributed by atoms with Gasteiger partial charge in [0.2, 0.25) is 0 Å². The number of carbonyl (C=O) groups is 1. The number of fused-ring (bicyclic) bond motifs is 1. The zero-order valence-electron chi connectivity index (χ0n) is 17.3. The summed E-state index contributed by atoms with van der Waals surface area (Å²) < 4.78 is 45.2. The molecule has 3 aromatic rings. The monoisotopic (exact) mass is 500 g/mol. The predicted molar refractivity (Wildman–Crippen MR) is 122 cm³/mol. The van der Waals surface area contributed by atoms with Gasteiger partial charge in [0, 0.05) is 17.6 Å². The summed E-state index contributed by atoms with van der Waals surface area (Å²) in [6, 6.07) is 10.3. The first kappa shape index (κ1) is 25.1. The highest BCUT2D eigenvalue weighted by Crippen LogP contribution is 2.32. The SMILES string of the molecule is Cl.O=C(NCC(c1cccc(C(F)(F)F)c1)N1CCCC1)c1cc(=O)c2cc(Cl)ccc2o1. The van der Waals surface area contributed by atoms with Gasteiger partial charge in [0.25, 0.3) is 5.91 Å². The van der Waals surface area contributed by atoms with Crippen molar-refractivity contribution in [1.82, 2.24) is 10.2 Å². The van der Waals surface area contributed by atoms with Crippen LogP contribution in [0.25, 0.3) is 11.0 Å². The zero-order chi connectivity index (χ0) is 22.9. The number of nitrogens with one attached hydrogen (secondary N) is 1. The average Bonchev–Trinajstić information content (AvgIpc) is 3.28. The fraction of sp³-hybridized carbons (Fsp3) is 0.304. The van der Waals surface area contributed by atoms with Crippen LogP contribution in [0.15, 0.2) is 57.7 Å². The van der Waals surface area contributed by atoms with Gasteiger partial charge in [-0.2, -0.15) is 13.2 Å². The van der Waals surface area contributed by atoms with Crippen molar-refractivity contribution in [1.29, 1.82) is 0 Å². The number of halogens is 5. The Morgan fingerprint density at radius 1 is 1.12 bits per heavy atom. The van der Waals surface area contributed by atoms with Crippen molar-refractivity contribution in [2.45, 2.75) is 25.1 Å². The van der Waals surface area contributed by atoms with Crippen LogP contribution in [0.4, 0.5) is 13.2 Å². The number of hydrogen-bond donors (Lipinski definition) is 1. The van der Waals surface area contributed by atoms with Gasteiger partial charge in [-0.25, -0.2) is 0 Å². The summed E-state index contributed by atoms with van der Waals surface area (Å²) in [6.07, 6.45) is -2.58. The van der Waals surface area contributed by atoms with Gasteiger partial charge >= 0.3 is 6.18 Å². The molecule has 5 nitrogen and oxygen atoms in total. The van der Waals surface area contributed by atoms with Gasteiger partial charge in [-0.3, -0.25) is 14.5 Å². The van der Waals surface area contributed by atoms with E-state index in [1.54, 1.807) is 12.1 Å². The average molecular weight is 501 g/mol. The van der Waals surface area contributed by atoms with Crippen LogP contribution in [0.5, 0.6) is 0 Å². The van der Waals surface area contributed by atoms with Crippen LogP contribution in [-0.2, 0) is 6.18 Å². The zero-order valence-corrected chi connectivity index (χ0v) is 18.9. The molecular weight excluding hydrogens is 480 g/mol. The lowest BCUT2D eigenvalue weighted by Gasteiger charge is -2.28. The maximum Gasteiger partial charge on any atom is 0.416 e. The predicted octanol–water partition coefficient (Wildman–Crippen LogP) is 5.45. The summed E-state index contributed by atoms with van der Waals surface area (Å²) in [5.74, 6) is -0.788. The normalized spacial score (nSPS) is 15.3. The molecule has 1 atom stereocenters. The Morgan fingerprint density at radius 2 is 1.85 bits per heavy atom. The maximum atomic E-state index is 13.2. The molecule has 1 amide bonds. The Morgan fingerprint density at radius 3 is 2.55 bits per heavy atom. The van der Waals surface area contributed by atoms with E-state index in [4.69, 9.17) is 16.0 Å². The molecule has 2 aromatic carbocycles. The van der Waals surface area contributed by atoms with E-state index in [0.717, 1.165) is 44.1 Å². The van der Waals surface area contributed by atoms with Crippen LogP contribution in [0.1, 0.15) is 40.6 Å². The number of likely N-dealkylation sites (tertiary alicyclic amines) is 1. The second-order valence-electron chi connectivity index (χ2n) is 7.71. The Balaban J connectivity index is 0.00000306. The third-order valence-electron chi connectivity index (χ3n) is 5.55. The molecule has 0 saturated carbocycles. The van der Waals surface area contributed by atoms with E-state index in [1.807, 2.05) is 4.90 Å². The molecular formula is C23H21Cl2F3N2O3. The number of rotatable bonds is 5. The fourth-order valence-corrected chi connectivity index (χ4v) is 4.12. The van der Waals surface area contributed by atoms with E-state index in [-0.39, 0.29) is 35.7 Å². The van der Waals surface area contributed by atoms with Gasteiger partial charge in [-0.05, 0) is 61.8 Å². The van der Waals surface area contributed by atoms with Gasteiger partial charge in [0.1, 0.15) is 5.58 Å². The summed E-state index contributed by atoms with van der Waals surface area (Å²) >= 11 is 5.90. The number of hydrogen-bond acceptors (Lipinski definition) is 4. The highest BCUT2D eigenvalue weighted by atomic mass is 35.5. The van der Waals surface area contributed by atoms with Crippen LogP contribution in [-0.4, -0.2) is 30.4 Å². The van der Waals surface area contributed by atoms with E-state index in [1.165, 1.54) is 18.2 Å². The standard InChI is InChI=1S/C23H20ClF3N2O3.ClH/c24-16-6-7-20-17(11-16)19(30)12-21(32-20)22(31)28-13-18(29-8-1-2-9-29)14-4-3-5-15(10-14)23(25,26)27;/h3-7,10-12,18H,1-2,8-9,13H2,(H,28,31);1H. The molecule has 176 valence electrons. The minimum absolute atomic E-state index is 0. The largest absolute Gasteiger partial charge is 0.451 e. The molecule has 0 radical (unpaired) electrons. The number of nitrogens with zero attached hydrogens (tertiary/aromatic N) is 1. The molecule has 1 N–H and O–H groups in total. The van der Waals surface area contributed by atoms with Crippen LogP contribution in [0.3, 0.4) is 0 Å². The van der Waals surface area contributed by atoms with Crippen molar-refractivity contribution in [2.24, 2.45) is 0 Å². The summed E-state index contributed by atoms with van der Waals surface area (Å²) in [4.78, 5) is 27.1. The lowest BCUT2D eigenvalue weighted by atomic mass is 10.0. The smallest absolute Gasteiger partial charge is 0.416 e. The lowest BCUT2D eigenvalue weighted by molar-refractivity contribution is -0.137. The van der Waals surface area contributed by atoms with E-state index in [0.29, 0.717) is 10.6 Å². The quantitative estimate of drug-likeness (QED) is 0.505. The summed E-state index contributed by atoms with van der Waals surface area (Å²) in [6.45, 7) is 1.52. The Hall–Kier alpha value is -2.55. The molecule has 1 aromatic heterocycles. The van der Waals surface area contributed by atoms with Crippen molar-refractivity contribution in [3.63, 3.8) is 0 Å². The molecule has 1 fully saturated rings. The molecule has 1 unspecified atom stereocenters. The van der Waals surface area contributed by atoms with Crippen molar-refractivity contribution < 1.29 is 22.4 Å².